The van der Waals surface area contributed by atoms with Gasteiger partial charge in [-0.25, -0.2) is 0 Å². The van der Waals surface area contributed by atoms with Gasteiger partial charge in [0.1, 0.15) is 0 Å². The lowest BCUT2D eigenvalue weighted by Crippen LogP contribution is -2.41. The number of rotatable bonds is 8. The zero-order valence-corrected chi connectivity index (χ0v) is 13.5. The summed E-state index contributed by atoms with van der Waals surface area (Å²) in [5.41, 5.74) is 7.24. The number of aliphatic imine (C=N–C) groups is 1. The van der Waals surface area contributed by atoms with E-state index in [2.05, 4.69) is 34.6 Å². The molecule has 1 aliphatic carbocycles. The summed E-state index contributed by atoms with van der Waals surface area (Å²) in [7, 11) is 0. The molecule has 0 atom stereocenters. The van der Waals surface area contributed by atoms with Crippen LogP contribution in [0.25, 0.3) is 0 Å². The molecule has 0 aliphatic heterocycles. The van der Waals surface area contributed by atoms with Crippen LogP contribution in [0.3, 0.4) is 0 Å². The summed E-state index contributed by atoms with van der Waals surface area (Å²) in [4.78, 5) is 4.38. The molecule has 0 spiro atoms. The van der Waals surface area contributed by atoms with Crippen molar-refractivity contribution in [3.05, 3.63) is 35.9 Å². The van der Waals surface area contributed by atoms with Crippen LogP contribution >= 0.6 is 0 Å². The lowest BCUT2D eigenvalue weighted by molar-refractivity contribution is 0.136. The van der Waals surface area contributed by atoms with Crippen molar-refractivity contribution < 1.29 is 4.74 Å². The van der Waals surface area contributed by atoms with Crippen molar-refractivity contribution in [3.8, 4) is 0 Å². The third-order valence-corrected chi connectivity index (χ3v) is 4.06. The number of ether oxygens (including phenoxy) is 1. The van der Waals surface area contributed by atoms with E-state index in [-0.39, 0.29) is 0 Å². The van der Waals surface area contributed by atoms with Crippen molar-refractivity contribution in [1.82, 2.24) is 5.32 Å². The molecule has 22 heavy (non-hydrogen) atoms. The van der Waals surface area contributed by atoms with Gasteiger partial charge in [-0.05, 0) is 31.2 Å². The molecule has 1 aliphatic rings. The summed E-state index contributed by atoms with van der Waals surface area (Å²) >= 11 is 0. The van der Waals surface area contributed by atoms with Crippen LogP contribution in [0.2, 0.25) is 0 Å². The third-order valence-electron chi connectivity index (χ3n) is 4.06. The SMILES string of the molecule is NC(=NCCCOCCc1ccccc1)NC1CCCCC1. The second kappa shape index (κ2) is 10.2. The highest BCUT2D eigenvalue weighted by atomic mass is 16.5. The number of hydrogen-bond donors (Lipinski definition) is 2. The van der Waals surface area contributed by atoms with Gasteiger partial charge in [0.15, 0.2) is 5.96 Å². The number of nitrogens with two attached hydrogens (primary N) is 1. The van der Waals surface area contributed by atoms with Crippen LogP contribution in [0.1, 0.15) is 44.1 Å². The van der Waals surface area contributed by atoms with Gasteiger partial charge in [0, 0.05) is 19.2 Å². The number of nitrogens with one attached hydrogen (secondary N) is 1. The molecule has 1 saturated carbocycles. The van der Waals surface area contributed by atoms with E-state index in [9.17, 15) is 0 Å². The first-order valence-corrected chi connectivity index (χ1v) is 8.53. The quantitative estimate of drug-likeness (QED) is 0.441. The lowest BCUT2D eigenvalue weighted by atomic mass is 9.96. The minimum Gasteiger partial charge on any atom is -0.381 e. The van der Waals surface area contributed by atoms with E-state index in [4.69, 9.17) is 10.5 Å². The van der Waals surface area contributed by atoms with Gasteiger partial charge in [-0.15, -0.1) is 0 Å². The van der Waals surface area contributed by atoms with Crippen LogP contribution in [0.5, 0.6) is 0 Å². The molecule has 0 radical (unpaired) electrons. The summed E-state index contributed by atoms with van der Waals surface area (Å²) in [6, 6.07) is 10.9. The largest absolute Gasteiger partial charge is 0.381 e. The van der Waals surface area contributed by atoms with Crippen molar-refractivity contribution >= 4 is 5.96 Å². The molecule has 0 saturated heterocycles. The molecule has 122 valence electrons. The minimum atomic E-state index is 0.527. The van der Waals surface area contributed by atoms with Crippen molar-refractivity contribution in [2.75, 3.05) is 19.8 Å². The molecule has 0 bridgehead atoms. The fourth-order valence-electron chi connectivity index (χ4n) is 2.80. The van der Waals surface area contributed by atoms with Gasteiger partial charge >= 0.3 is 0 Å². The maximum Gasteiger partial charge on any atom is 0.188 e. The van der Waals surface area contributed by atoms with E-state index in [1.165, 1.54) is 37.7 Å². The normalized spacial score (nSPS) is 16.6. The van der Waals surface area contributed by atoms with Crippen molar-refractivity contribution in [1.29, 1.82) is 0 Å². The Balaban J connectivity index is 1.48. The highest BCUT2D eigenvalue weighted by molar-refractivity contribution is 5.78. The van der Waals surface area contributed by atoms with Crippen molar-refractivity contribution in [2.24, 2.45) is 10.7 Å². The molecule has 4 nitrogen and oxygen atoms in total. The Kier molecular flexibility index (Phi) is 7.81. The molecule has 1 aromatic carbocycles. The second-order valence-corrected chi connectivity index (χ2v) is 5.95. The average Bonchev–Trinajstić information content (AvgIpc) is 2.56. The van der Waals surface area contributed by atoms with E-state index in [0.717, 1.165) is 32.6 Å². The smallest absolute Gasteiger partial charge is 0.188 e. The fraction of sp³-hybridized carbons (Fsp3) is 0.611. The third kappa shape index (κ3) is 6.94. The minimum absolute atomic E-state index is 0.527. The van der Waals surface area contributed by atoms with E-state index in [1.807, 2.05) is 6.07 Å². The predicted octanol–water partition coefficient (Wildman–Crippen LogP) is 2.87. The summed E-state index contributed by atoms with van der Waals surface area (Å²) in [5, 5.41) is 3.33. The van der Waals surface area contributed by atoms with Crippen LogP contribution in [-0.4, -0.2) is 31.8 Å². The molecule has 0 unspecified atom stereocenters. The highest BCUT2D eigenvalue weighted by Gasteiger charge is 2.12. The number of benzene rings is 1. The second-order valence-electron chi connectivity index (χ2n) is 5.95. The first-order chi connectivity index (χ1) is 10.8. The lowest BCUT2D eigenvalue weighted by Gasteiger charge is -2.23. The van der Waals surface area contributed by atoms with Gasteiger partial charge in [0.25, 0.3) is 0 Å². The van der Waals surface area contributed by atoms with Crippen LogP contribution in [0.4, 0.5) is 0 Å². The van der Waals surface area contributed by atoms with Gasteiger partial charge < -0.3 is 15.8 Å². The van der Waals surface area contributed by atoms with Gasteiger partial charge in [-0.2, -0.15) is 0 Å². The molecule has 0 aromatic heterocycles. The molecule has 3 N–H and O–H groups in total. The molecular weight excluding hydrogens is 274 g/mol. The maximum absolute atomic E-state index is 5.92. The van der Waals surface area contributed by atoms with Gasteiger partial charge in [-0.3, -0.25) is 4.99 Å². The Bertz CT molecular complexity index is 427. The monoisotopic (exact) mass is 303 g/mol. The summed E-state index contributed by atoms with van der Waals surface area (Å²) in [6.07, 6.45) is 8.30. The summed E-state index contributed by atoms with van der Waals surface area (Å²) in [5.74, 6) is 0.594. The standard InChI is InChI=1S/C18H29N3O/c19-18(21-17-10-5-2-6-11-17)20-13-7-14-22-15-12-16-8-3-1-4-9-16/h1,3-4,8-9,17H,2,5-7,10-15H2,(H3,19,20,21). The molecule has 1 aromatic rings. The zero-order chi connectivity index (χ0) is 15.5. The highest BCUT2D eigenvalue weighted by Crippen LogP contribution is 2.16. The van der Waals surface area contributed by atoms with Gasteiger partial charge in [0.2, 0.25) is 0 Å². The van der Waals surface area contributed by atoms with Crippen LogP contribution in [0, 0.1) is 0 Å². The molecular formula is C18H29N3O. The summed E-state index contributed by atoms with van der Waals surface area (Å²) < 4.78 is 5.64. The zero-order valence-electron chi connectivity index (χ0n) is 13.5. The van der Waals surface area contributed by atoms with E-state index >= 15 is 0 Å². The Morgan fingerprint density at radius 3 is 2.68 bits per heavy atom. The van der Waals surface area contributed by atoms with E-state index < -0.39 is 0 Å². The first kappa shape index (κ1) is 16.8. The number of hydrogen-bond acceptors (Lipinski definition) is 2. The van der Waals surface area contributed by atoms with Crippen LogP contribution in [-0.2, 0) is 11.2 Å². The molecule has 0 heterocycles. The molecule has 4 heteroatoms. The molecule has 2 rings (SSSR count). The average molecular weight is 303 g/mol. The number of guanidine groups is 1. The fourth-order valence-corrected chi connectivity index (χ4v) is 2.80. The Hall–Kier alpha value is -1.55. The topological polar surface area (TPSA) is 59.6 Å². The van der Waals surface area contributed by atoms with E-state index in [1.54, 1.807) is 0 Å². The van der Waals surface area contributed by atoms with Gasteiger partial charge in [0.05, 0.1) is 6.61 Å². The molecule has 0 amide bonds. The van der Waals surface area contributed by atoms with Crippen LogP contribution in [0.15, 0.2) is 35.3 Å². The Morgan fingerprint density at radius 2 is 1.91 bits per heavy atom. The van der Waals surface area contributed by atoms with Crippen LogP contribution < -0.4 is 11.1 Å². The predicted molar refractivity (Wildman–Crippen MR) is 92.1 cm³/mol. The number of nitrogens with zero attached hydrogens (tertiary/aromatic N) is 1. The summed E-state index contributed by atoms with van der Waals surface area (Å²) in [6.45, 7) is 2.24. The van der Waals surface area contributed by atoms with Crippen molar-refractivity contribution in [3.63, 3.8) is 0 Å². The Labute approximate surface area is 134 Å². The van der Waals surface area contributed by atoms with Gasteiger partial charge in [-0.1, -0.05) is 49.6 Å². The van der Waals surface area contributed by atoms with Crippen molar-refractivity contribution in [2.45, 2.75) is 51.0 Å². The first-order valence-electron chi connectivity index (χ1n) is 8.53. The van der Waals surface area contributed by atoms with E-state index in [0.29, 0.717) is 12.0 Å². The molecule has 1 fully saturated rings. The Morgan fingerprint density at radius 1 is 1.14 bits per heavy atom. The maximum atomic E-state index is 5.92.